The molecule has 2 aromatic carbocycles. The van der Waals surface area contributed by atoms with Crippen LogP contribution in [0.25, 0.3) is 0 Å². The lowest BCUT2D eigenvalue weighted by Crippen LogP contribution is -2.44. The van der Waals surface area contributed by atoms with Gasteiger partial charge in [0, 0.05) is 0 Å². The summed E-state index contributed by atoms with van der Waals surface area (Å²) in [6, 6.07) is 18.6. The van der Waals surface area contributed by atoms with E-state index in [-0.39, 0.29) is 30.7 Å². The fourth-order valence-electron chi connectivity index (χ4n) is 3.55. The third-order valence-electron chi connectivity index (χ3n) is 4.85. The van der Waals surface area contributed by atoms with Gasteiger partial charge in [-0.05, 0) is 11.1 Å². The minimum atomic E-state index is -3.48. The maximum atomic E-state index is 12.5. The van der Waals surface area contributed by atoms with Crippen molar-refractivity contribution in [2.75, 3.05) is 13.2 Å². The molecule has 144 valence electrons. The van der Waals surface area contributed by atoms with E-state index < -0.39 is 16.1 Å². The maximum absolute atomic E-state index is 12.5. The lowest BCUT2D eigenvalue weighted by atomic mass is 10.1. The highest BCUT2D eigenvalue weighted by atomic mass is 32.2. The van der Waals surface area contributed by atoms with Crippen molar-refractivity contribution >= 4 is 10.0 Å². The number of benzene rings is 2. The standard InChI is InChI=1S/C20H23NO5S/c22-27(23,14-16-9-5-2-6-10-16)21-17-12-25-20-18(13-26-19(17)20)24-11-15-7-3-1-4-8-15/h1-10,17-21H,11-14H2/t17-,18+,19+,20+/m0/s1. The zero-order valence-corrected chi connectivity index (χ0v) is 15.7. The Morgan fingerprint density at radius 2 is 1.52 bits per heavy atom. The average Bonchev–Trinajstić information content (AvgIpc) is 3.24. The molecule has 1 N–H and O–H groups in total. The van der Waals surface area contributed by atoms with Crippen molar-refractivity contribution in [1.82, 2.24) is 4.72 Å². The van der Waals surface area contributed by atoms with Crippen molar-refractivity contribution in [1.29, 1.82) is 0 Å². The monoisotopic (exact) mass is 389 g/mol. The smallest absolute Gasteiger partial charge is 0.216 e. The molecule has 27 heavy (non-hydrogen) atoms. The van der Waals surface area contributed by atoms with Gasteiger partial charge in [-0.15, -0.1) is 0 Å². The number of nitrogens with one attached hydrogen (secondary N) is 1. The van der Waals surface area contributed by atoms with E-state index in [1.54, 1.807) is 12.1 Å². The van der Waals surface area contributed by atoms with Crippen LogP contribution in [-0.2, 0) is 36.6 Å². The third kappa shape index (κ3) is 4.56. The van der Waals surface area contributed by atoms with E-state index in [9.17, 15) is 8.42 Å². The predicted octanol–water partition coefficient (Wildman–Crippen LogP) is 1.86. The Hall–Kier alpha value is -1.77. The first-order chi connectivity index (χ1) is 13.1. The van der Waals surface area contributed by atoms with Crippen molar-refractivity contribution in [3.63, 3.8) is 0 Å². The molecule has 6 nitrogen and oxygen atoms in total. The van der Waals surface area contributed by atoms with Gasteiger partial charge in [0.05, 0.1) is 31.6 Å². The Morgan fingerprint density at radius 3 is 2.22 bits per heavy atom. The molecule has 0 saturated carbocycles. The number of hydrogen-bond donors (Lipinski definition) is 1. The van der Waals surface area contributed by atoms with Crippen LogP contribution in [0.2, 0.25) is 0 Å². The fourth-order valence-corrected chi connectivity index (χ4v) is 4.93. The molecule has 7 heteroatoms. The van der Waals surface area contributed by atoms with Crippen molar-refractivity contribution in [3.05, 3.63) is 71.8 Å². The van der Waals surface area contributed by atoms with E-state index in [2.05, 4.69) is 4.72 Å². The van der Waals surface area contributed by atoms with Crippen LogP contribution in [0.3, 0.4) is 0 Å². The summed E-state index contributed by atoms with van der Waals surface area (Å²) < 4.78 is 45.3. The van der Waals surface area contributed by atoms with Crippen molar-refractivity contribution < 1.29 is 22.6 Å². The molecule has 2 fully saturated rings. The topological polar surface area (TPSA) is 73.9 Å². The van der Waals surface area contributed by atoms with Crippen LogP contribution < -0.4 is 4.72 Å². The van der Waals surface area contributed by atoms with E-state index in [0.29, 0.717) is 13.2 Å². The van der Waals surface area contributed by atoms with Gasteiger partial charge in [0.1, 0.15) is 18.3 Å². The Bertz CT molecular complexity index is 843. The largest absolute Gasteiger partial charge is 0.371 e. The zero-order chi connectivity index (χ0) is 18.7. The molecular weight excluding hydrogens is 366 g/mol. The zero-order valence-electron chi connectivity index (χ0n) is 14.9. The molecule has 0 aromatic heterocycles. The molecule has 0 aliphatic carbocycles. The first-order valence-corrected chi connectivity index (χ1v) is 10.7. The minimum Gasteiger partial charge on any atom is -0.371 e. The van der Waals surface area contributed by atoms with Crippen LogP contribution in [0.1, 0.15) is 11.1 Å². The summed E-state index contributed by atoms with van der Waals surface area (Å²) in [6.07, 6.45) is -0.770. The molecule has 2 heterocycles. The van der Waals surface area contributed by atoms with Gasteiger partial charge < -0.3 is 14.2 Å². The number of sulfonamides is 1. The van der Waals surface area contributed by atoms with Gasteiger partial charge in [0.2, 0.25) is 10.0 Å². The van der Waals surface area contributed by atoms with Gasteiger partial charge >= 0.3 is 0 Å². The predicted molar refractivity (Wildman–Crippen MR) is 100 cm³/mol. The van der Waals surface area contributed by atoms with Crippen LogP contribution in [0.4, 0.5) is 0 Å². The van der Waals surface area contributed by atoms with Gasteiger partial charge in [-0.3, -0.25) is 0 Å². The molecule has 0 spiro atoms. The summed E-state index contributed by atoms with van der Waals surface area (Å²) in [6.45, 7) is 1.17. The van der Waals surface area contributed by atoms with Crippen molar-refractivity contribution in [2.45, 2.75) is 36.7 Å². The molecular formula is C20H23NO5S. The number of ether oxygens (including phenoxy) is 3. The van der Waals surface area contributed by atoms with Crippen LogP contribution in [0.5, 0.6) is 0 Å². The Kier molecular flexibility index (Phi) is 5.56. The molecule has 0 bridgehead atoms. The summed E-state index contributed by atoms with van der Waals surface area (Å²) in [5.74, 6) is -0.0599. The van der Waals surface area contributed by atoms with E-state index in [0.717, 1.165) is 11.1 Å². The van der Waals surface area contributed by atoms with Gasteiger partial charge in [0.25, 0.3) is 0 Å². The Morgan fingerprint density at radius 1 is 0.889 bits per heavy atom. The molecule has 4 rings (SSSR count). The van der Waals surface area contributed by atoms with E-state index >= 15 is 0 Å². The highest BCUT2D eigenvalue weighted by Gasteiger charge is 2.49. The van der Waals surface area contributed by atoms with Crippen LogP contribution >= 0.6 is 0 Å². The highest BCUT2D eigenvalue weighted by molar-refractivity contribution is 7.88. The van der Waals surface area contributed by atoms with Gasteiger partial charge in [-0.1, -0.05) is 60.7 Å². The highest BCUT2D eigenvalue weighted by Crippen LogP contribution is 2.30. The number of hydrogen-bond acceptors (Lipinski definition) is 5. The number of fused-ring (bicyclic) bond motifs is 1. The molecule has 0 unspecified atom stereocenters. The summed E-state index contributed by atoms with van der Waals surface area (Å²) in [5.41, 5.74) is 1.83. The van der Waals surface area contributed by atoms with Gasteiger partial charge in [0.15, 0.2) is 0 Å². The molecule has 4 atom stereocenters. The van der Waals surface area contributed by atoms with Crippen molar-refractivity contribution in [3.8, 4) is 0 Å². The van der Waals surface area contributed by atoms with Gasteiger partial charge in [-0.25, -0.2) is 13.1 Å². The second-order valence-corrected chi connectivity index (χ2v) is 8.65. The third-order valence-corrected chi connectivity index (χ3v) is 6.22. The van der Waals surface area contributed by atoms with E-state index in [1.807, 2.05) is 48.5 Å². The molecule has 0 radical (unpaired) electrons. The quantitative estimate of drug-likeness (QED) is 0.782. The molecule has 2 aromatic rings. The minimum absolute atomic E-state index is 0.0599. The van der Waals surface area contributed by atoms with E-state index in [4.69, 9.17) is 14.2 Å². The van der Waals surface area contributed by atoms with Crippen LogP contribution in [-0.4, -0.2) is 46.0 Å². The van der Waals surface area contributed by atoms with Crippen molar-refractivity contribution in [2.24, 2.45) is 0 Å². The summed E-state index contributed by atoms with van der Waals surface area (Å²) in [4.78, 5) is 0. The summed E-state index contributed by atoms with van der Waals surface area (Å²) >= 11 is 0. The lowest BCUT2D eigenvalue weighted by molar-refractivity contribution is -0.0391. The second kappa shape index (κ2) is 8.08. The number of rotatable bonds is 7. The Balaban J connectivity index is 1.33. The average molecular weight is 389 g/mol. The maximum Gasteiger partial charge on any atom is 0.216 e. The fraction of sp³-hybridized carbons (Fsp3) is 0.400. The SMILES string of the molecule is O=S(=O)(Cc1ccccc1)N[C@H]1CO[C@H]2[C@@H]1OC[C@H]2OCc1ccccc1. The lowest BCUT2D eigenvalue weighted by Gasteiger charge is -2.18. The van der Waals surface area contributed by atoms with Crippen LogP contribution in [0.15, 0.2) is 60.7 Å². The summed E-state index contributed by atoms with van der Waals surface area (Å²) in [5, 5.41) is 0. The molecule has 2 aliphatic rings. The molecule has 2 saturated heterocycles. The normalized spacial score (nSPS) is 27.6. The van der Waals surface area contributed by atoms with Gasteiger partial charge in [-0.2, -0.15) is 0 Å². The van der Waals surface area contributed by atoms with Crippen LogP contribution in [0, 0.1) is 0 Å². The first-order valence-electron chi connectivity index (χ1n) is 9.03. The first kappa shape index (κ1) is 18.6. The van der Waals surface area contributed by atoms with E-state index in [1.165, 1.54) is 0 Å². The molecule has 0 amide bonds. The Labute approximate surface area is 159 Å². The second-order valence-electron chi connectivity index (χ2n) is 6.90. The summed E-state index contributed by atoms with van der Waals surface area (Å²) in [7, 11) is -3.48. The molecule has 2 aliphatic heterocycles.